The smallest absolute Gasteiger partial charge is 0.251 e. The molecule has 1 aromatic heterocycles. The van der Waals surface area contributed by atoms with Crippen molar-refractivity contribution < 1.29 is 9.53 Å². The number of amides is 1. The molecule has 110 valence electrons. The second-order valence-electron chi connectivity index (χ2n) is 4.77. The molecule has 1 amide bonds. The zero-order valence-corrected chi connectivity index (χ0v) is 12.4. The van der Waals surface area contributed by atoms with E-state index in [2.05, 4.69) is 15.6 Å². The van der Waals surface area contributed by atoms with Gasteiger partial charge in [-0.1, -0.05) is 11.6 Å². The number of anilines is 1. The molecule has 0 aromatic carbocycles. The van der Waals surface area contributed by atoms with E-state index in [0.717, 1.165) is 32.4 Å². The minimum absolute atomic E-state index is 0.133. The van der Waals surface area contributed by atoms with Crippen LogP contribution in [0.3, 0.4) is 0 Å². The number of carbonyl (C=O) groups is 1. The van der Waals surface area contributed by atoms with Gasteiger partial charge in [-0.15, -0.1) is 0 Å². The first-order chi connectivity index (χ1) is 9.69. The number of pyridine rings is 1. The third-order valence-electron chi connectivity index (χ3n) is 3.19. The van der Waals surface area contributed by atoms with E-state index < -0.39 is 0 Å². The van der Waals surface area contributed by atoms with Gasteiger partial charge in [0, 0.05) is 25.3 Å². The summed E-state index contributed by atoms with van der Waals surface area (Å²) in [4.78, 5) is 16.2. The Morgan fingerprint density at radius 2 is 2.40 bits per heavy atom. The van der Waals surface area contributed by atoms with Crippen molar-refractivity contribution in [2.24, 2.45) is 0 Å². The lowest BCUT2D eigenvalue weighted by atomic mass is 10.2. The molecule has 0 spiro atoms. The molecule has 1 fully saturated rings. The van der Waals surface area contributed by atoms with Gasteiger partial charge in [-0.05, 0) is 38.3 Å². The molecule has 20 heavy (non-hydrogen) atoms. The van der Waals surface area contributed by atoms with Crippen molar-refractivity contribution in [3.8, 4) is 0 Å². The number of halogens is 1. The second-order valence-corrected chi connectivity index (χ2v) is 5.16. The fraction of sp³-hybridized carbons (Fsp3) is 0.571. The Morgan fingerprint density at radius 1 is 1.55 bits per heavy atom. The average Bonchev–Trinajstić information content (AvgIpc) is 2.91. The molecule has 1 unspecified atom stereocenters. The van der Waals surface area contributed by atoms with Gasteiger partial charge in [0.15, 0.2) is 0 Å². The maximum atomic E-state index is 12.1. The van der Waals surface area contributed by atoms with Crippen molar-refractivity contribution in [1.82, 2.24) is 10.3 Å². The maximum Gasteiger partial charge on any atom is 0.251 e. The van der Waals surface area contributed by atoms with Gasteiger partial charge < -0.3 is 15.4 Å². The van der Waals surface area contributed by atoms with Crippen molar-refractivity contribution in [1.29, 1.82) is 0 Å². The minimum Gasteiger partial charge on any atom is -0.378 e. The van der Waals surface area contributed by atoms with Crippen LogP contribution < -0.4 is 10.6 Å². The molecule has 0 bridgehead atoms. The third-order valence-corrected chi connectivity index (χ3v) is 3.38. The number of carbonyl (C=O) groups excluding carboxylic acids is 1. The normalized spacial score (nSPS) is 18.0. The second kappa shape index (κ2) is 7.45. The number of hydrogen-bond donors (Lipinski definition) is 2. The summed E-state index contributed by atoms with van der Waals surface area (Å²) < 4.78 is 5.52. The molecule has 2 heterocycles. The first-order valence-corrected chi connectivity index (χ1v) is 7.38. The van der Waals surface area contributed by atoms with E-state index in [1.807, 2.05) is 6.92 Å². The molecule has 0 aliphatic carbocycles. The van der Waals surface area contributed by atoms with E-state index in [9.17, 15) is 4.79 Å². The molecular weight excluding hydrogens is 278 g/mol. The molecule has 2 rings (SSSR count). The van der Waals surface area contributed by atoms with Crippen LogP contribution in [-0.4, -0.2) is 36.7 Å². The standard InChI is InChI=1S/C14H20ClN3O2/c1-2-16-13-9-10(8-12(15)18-13)14(19)17-6-5-11-4-3-7-20-11/h8-9,11H,2-7H2,1H3,(H,16,18)(H,17,19). The van der Waals surface area contributed by atoms with Gasteiger partial charge in [0.2, 0.25) is 0 Å². The Kier molecular flexibility index (Phi) is 5.61. The molecule has 1 aliphatic rings. The Morgan fingerprint density at radius 3 is 3.10 bits per heavy atom. The van der Waals surface area contributed by atoms with Gasteiger partial charge in [0.25, 0.3) is 5.91 Å². The summed E-state index contributed by atoms with van der Waals surface area (Å²) in [5, 5.41) is 6.25. The molecular formula is C14H20ClN3O2. The van der Waals surface area contributed by atoms with Crippen molar-refractivity contribution in [2.75, 3.05) is 25.0 Å². The van der Waals surface area contributed by atoms with Gasteiger partial charge >= 0.3 is 0 Å². The molecule has 0 radical (unpaired) electrons. The summed E-state index contributed by atoms with van der Waals surface area (Å²) in [6.45, 7) is 4.14. The highest BCUT2D eigenvalue weighted by molar-refractivity contribution is 6.29. The van der Waals surface area contributed by atoms with Crippen LogP contribution in [0.4, 0.5) is 5.82 Å². The fourth-order valence-corrected chi connectivity index (χ4v) is 2.43. The summed E-state index contributed by atoms with van der Waals surface area (Å²) in [7, 11) is 0. The third kappa shape index (κ3) is 4.35. The number of aromatic nitrogens is 1. The van der Waals surface area contributed by atoms with Crippen LogP contribution in [0.2, 0.25) is 5.15 Å². The Bertz CT molecular complexity index is 462. The van der Waals surface area contributed by atoms with E-state index in [4.69, 9.17) is 16.3 Å². The molecule has 0 saturated carbocycles. The summed E-state index contributed by atoms with van der Waals surface area (Å²) in [5.41, 5.74) is 0.522. The predicted octanol–water partition coefficient (Wildman–Crippen LogP) is 2.47. The van der Waals surface area contributed by atoms with Crippen LogP contribution in [0.1, 0.15) is 36.5 Å². The number of rotatable bonds is 6. The van der Waals surface area contributed by atoms with E-state index >= 15 is 0 Å². The Balaban J connectivity index is 1.87. The van der Waals surface area contributed by atoms with Gasteiger partial charge in [-0.25, -0.2) is 4.98 Å². The highest BCUT2D eigenvalue weighted by Gasteiger charge is 2.15. The molecule has 1 aromatic rings. The van der Waals surface area contributed by atoms with E-state index in [0.29, 0.717) is 23.1 Å². The SMILES string of the molecule is CCNc1cc(C(=O)NCCC2CCCO2)cc(Cl)n1. The maximum absolute atomic E-state index is 12.1. The quantitative estimate of drug-likeness (QED) is 0.792. The van der Waals surface area contributed by atoms with Crippen LogP contribution in [0.5, 0.6) is 0 Å². The van der Waals surface area contributed by atoms with Crippen molar-refractivity contribution in [3.63, 3.8) is 0 Å². The lowest BCUT2D eigenvalue weighted by Gasteiger charge is -2.11. The zero-order valence-electron chi connectivity index (χ0n) is 11.6. The first kappa shape index (κ1) is 15.1. The van der Waals surface area contributed by atoms with Gasteiger partial charge in [0.05, 0.1) is 6.10 Å². The van der Waals surface area contributed by atoms with E-state index in [1.54, 1.807) is 12.1 Å². The predicted molar refractivity (Wildman–Crippen MR) is 79.3 cm³/mol. The molecule has 1 atom stereocenters. The van der Waals surface area contributed by atoms with Crippen LogP contribution in [0.15, 0.2) is 12.1 Å². The number of nitrogens with zero attached hydrogens (tertiary/aromatic N) is 1. The lowest BCUT2D eigenvalue weighted by Crippen LogP contribution is -2.27. The topological polar surface area (TPSA) is 63.2 Å². The highest BCUT2D eigenvalue weighted by atomic mass is 35.5. The average molecular weight is 298 g/mol. The van der Waals surface area contributed by atoms with Crippen LogP contribution in [0.25, 0.3) is 0 Å². The molecule has 1 saturated heterocycles. The van der Waals surface area contributed by atoms with Crippen LogP contribution in [-0.2, 0) is 4.74 Å². The van der Waals surface area contributed by atoms with Crippen LogP contribution in [0, 0.1) is 0 Å². The van der Waals surface area contributed by atoms with Gasteiger partial charge in [0.1, 0.15) is 11.0 Å². The molecule has 5 nitrogen and oxygen atoms in total. The van der Waals surface area contributed by atoms with Gasteiger partial charge in [-0.2, -0.15) is 0 Å². The molecule has 1 aliphatic heterocycles. The first-order valence-electron chi connectivity index (χ1n) is 7.00. The number of ether oxygens (including phenoxy) is 1. The lowest BCUT2D eigenvalue weighted by molar-refractivity contribution is 0.0907. The van der Waals surface area contributed by atoms with E-state index in [1.165, 1.54) is 0 Å². The summed E-state index contributed by atoms with van der Waals surface area (Å²) >= 11 is 5.92. The van der Waals surface area contributed by atoms with E-state index in [-0.39, 0.29) is 12.0 Å². The zero-order chi connectivity index (χ0) is 14.4. The van der Waals surface area contributed by atoms with Gasteiger partial charge in [-0.3, -0.25) is 4.79 Å². The van der Waals surface area contributed by atoms with Crippen molar-refractivity contribution >= 4 is 23.3 Å². The Hall–Kier alpha value is -1.33. The number of hydrogen-bond acceptors (Lipinski definition) is 4. The minimum atomic E-state index is -0.133. The summed E-state index contributed by atoms with van der Waals surface area (Å²) in [6, 6.07) is 3.28. The Labute approximate surface area is 124 Å². The monoisotopic (exact) mass is 297 g/mol. The van der Waals surface area contributed by atoms with Crippen molar-refractivity contribution in [3.05, 3.63) is 22.8 Å². The molecule has 6 heteroatoms. The number of nitrogens with one attached hydrogen (secondary N) is 2. The highest BCUT2D eigenvalue weighted by Crippen LogP contribution is 2.16. The summed E-state index contributed by atoms with van der Waals surface area (Å²) in [6.07, 6.45) is 3.34. The molecule has 2 N–H and O–H groups in total. The van der Waals surface area contributed by atoms with Crippen molar-refractivity contribution in [2.45, 2.75) is 32.3 Å². The fourth-order valence-electron chi connectivity index (χ4n) is 2.22. The van der Waals surface area contributed by atoms with Crippen LogP contribution >= 0.6 is 11.6 Å². The largest absolute Gasteiger partial charge is 0.378 e. The summed E-state index contributed by atoms with van der Waals surface area (Å²) in [5.74, 6) is 0.482.